The first-order chi connectivity index (χ1) is 20.0. The lowest BCUT2D eigenvalue weighted by Crippen LogP contribution is -2.52. The number of methoxy groups -OCH3 is 2. The molecule has 9 nitrogen and oxygen atoms in total. The molecule has 1 N–H and O–H groups in total. The fourth-order valence-electron chi connectivity index (χ4n) is 4.31. The van der Waals surface area contributed by atoms with Crippen LogP contribution in [-0.4, -0.2) is 58.5 Å². The monoisotopic (exact) mass is 619 g/mol. The summed E-state index contributed by atoms with van der Waals surface area (Å²) in [6.07, 6.45) is 0.989. The molecule has 3 aromatic carbocycles. The van der Waals surface area contributed by atoms with Crippen LogP contribution in [0.5, 0.6) is 11.5 Å². The van der Waals surface area contributed by atoms with Gasteiger partial charge in [0.1, 0.15) is 18.4 Å². The van der Waals surface area contributed by atoms with Crippen molar-refractivity contribution in [3.63, 3.8) is 0 Å². The van der Waals surface area contributed by atoms with Gasteiger partial charge in [-0.05, 0) is 66.9 Å². The molecule has 0 heterocycles. The van der Waals surface area contributed by atoms with Crippen molar-refractivity contribution in [2.24, 2.45) is 0 Å². The predicted octanol–water partition coefficient (Wildman–Crippen LogP) is 5.03. The summed E-state index contributed by atoms with van der Waals surface area (Å²) in [7, 11) is -1.59. The third-order valence-electron chi connectivity index (χ3n) is 6.54. The highest BCUT2D eigenvalue weighted by atomic mass is 35.5. The molecule has 0 bridgehead atoms. The van der Waals surface area contributed by atoms with Gasteiger partial charge in [0, 0.05) is 24.2 Å². The molecule has 1 atom stereocenters. The number of hydrogen-bond acceptors (Lipinski definition) is 6. The minimum absolute atomic E-state index is 0.0295. The second kappa shape index (κ2) is 14.9. The van der Waals surface area contributed by atoms with E-state index in [1.165, 1.54) is 49.5 Å². The van der Waals surface area contributed by atoms with Crippen molar-refractivity contribution < 1.29 is 31.9 Å². The smallest absolute Gasteiger partial charge is 0.264 e. The van der Waals surface area contributed by atoms with Crippen molar-refractivity contribution in [1.29, 1.82) is 0 Å². The summed E-state index contributed by atoms with van der Waals surface area (Å²) in [5.41, 5.74) is 0.764. The first-order valence-electron chi connectivity index (χ1n) is 13.4. The average molecular weight is 620 g/mol. The molecule has 0 fully saturated rings. The highest BCUT2D eigenvalue weighted by Crippen LogP contribution is 2.32. The van der Waals surface area contributed by atoms with Crippen LogP contribution in [0.1, 0.15) is 32.3 Å². The molecule has 226 valence electrons. The summed E-state index contributed by atoms with van der Waals surface area (Å²) in [5.74, 6) is -1.06. The minimum atomic E-state index is -4.39. The number of nitrogens with zero attached hydrogens (tertiary/aromatic N) is 2. The zero-order valence-electron chi connectivity index (χ0n) is 24.0. The summed E-state index contributed by atoms with van der Waals surface area (Å²) in [6.45, 7) is 3.48. The molecule has 0 radical (unpaired) electrons. The van der Waals surface area contributed by atoms with Crippen LogP contribution in [0.25, 0.3) is 0 Å². The molecular formula is C30H35ClFN3O6S. The molecule has 0 saturated heterocycles. The first kappa shape index (κ1) is 32.7. The van der Waals surface area contributed by atoms with Crippen LogP contribution in [-0.2, 0) is 26.2 Å². The third kappa shape index (κ3) is 7.92. The first-order valence-corrected chi connectivity index (χ1v) is 15.2. The fourth-order valence-corrected chi connectivity index (χ4v) is 5.87. The van der Waals surface area contributed by atoms with Gasteiger partial charge in [-0.2, -0.15) is 0 Å². The molecule has 0 saturated carbocycles. The molecule has 0 aliphatic heterocycles. The molecule has 0 aromatic heterocycles. The molecule has 0 unspecified atom stereocenters. The zero-order valence-corrected chi connectivity index (χ0v) is 25.5. The fraction of sp³-hybridized carbons (Fsp3) is 0.333. The van der Waals surface area contributed by atoms with Crippen LogP contribution >= 0.6 is 11.6 Å². The van der Waals surface area contributed by atoms with Gasteiger partial charge in [0.05, 0.1) is 24.8 Å². The quantitative estimate of drug-likeness (QED) is 0.272. The number of hydrogen-bond donors (Lipinski definition) is 1. The van der Waals surface area contributed by atoms with Crippen LogP contribution in [0.15, 0.2) is 71.6 Å². The van der Waals surface area contributed by atoms with Gasteiger partial charge in [-0.15, -0.1) is 0 Å². The van der Waals surface area contributed by atoms with Crippen molar-refractivity contribution in [1.82, 2.24) is 10.2 Å². The maximum atomic E-state index is 14.0. The van der Waals surface area contributed by atoms with Crippen molar-refractivity contribution >= 4 is 39.1 Å². The largest absolute Gasteiger partial charge is 0.493 e. The van der Waals surface area contributed by atoms with Crippen LogP contribution < -0.4 is 19.1 Å². The van der Waals surface area contributed by atoms with E-state index in [-0.39, 0.29) is 35.2 Å². The summed E-state index contributed by atoms with van der Waals surface area (Å²) < 4.78 is 53.3. The number of ether oxygens (including phenoxy) is 2. The lowest BCUT2D eigenvalue weighted by atomic mass is 10.1. The van der Waals surface area contributed by atoms with Crippen LogP contribution in [0.2, 0.25) is 5.02 Å². The van der Waals surface area contributed by atoms with E-state index in [1.807, 2.05) is 6.92 Å². The zero-order chi connectivity index (χ0) is 30.9. The van der Waals surface area contributed by atoms with Crippen LogP contribution in [0, 0.1) is 5.82 Å². The van der Waals surface area contributed by atoms with E-state index in [0.717, 1.165) is 16.4 Å². The van der Waals surface area contributed by atoms with Crippen LogP contribution in [0.4, 0.5) is 10.1 Å². The lowest BCUT2D eigenvalue weighted by Gasteiger charge is -2.33. The Kier molecular flexibility index (Phi) is 11.6. The minimum Gasteiger partial charge on any atom is -0.493 e. The Morgan fingerprint density at radius 1 is 0.952 bits per heavy atom. The number of carbonyl (C=O) groups is 2. The standard InChI is InChI=1S/C30H35ClFN3O6S/c1-5-17-33-30(37)26(6-2)34(19-21-7-9-22(31)10-8-21)29(36)20-35(24-13-11-23(32)12-14-24)42(38,39)25-15-16-27(40-3)28(18-25)41-4/h7-16,18,26H,5-6,17,19-20H2,1-4H3,(H,33,37)/t26-/m0/s1. The Morgan fingerprint density at radius 3 is 2.17 bits per heavy atom. The Labute approximate surface area is 251 Å². The molecule has 12 heteroatoms. The van der Waals surface area contributed by atoms with E-state index in [4.69, 9.17) is 21.1 Å². The topological polar surface area (TPSA) is 105 Å². The van der Waals surface area contributed by atoms with E-state index >= 15 is 0 Å². The van der Waals surface area contributed by atoms with E-state index in [9.17, 15) is 22.4 Å². The third-order valence-corrected chi connectivity index (χ3v) is 8.56. The normalized spacial score (nSPS) is 11.9. The highest BCUT2D eigenvalue weighted by Gasteiger charge is 2.34. The Morgan fingerprint density at radius 2 is 1.60 bits per heavy atom. The van der Waals surface area contributed by atoms with Crippen molar-refractivity contribution in [3.05, 3.63) is 83.1 Å². The maximum Gasteiger partial charge on any atom is 0.264 e. The molecule has 2 amide bonds. The van der Waals surface area contributed by atoms with Gasteiger partial charge >= 0.3 is 0 Å². The number of benzene rings is 3. The van der Waals surface area contributed by atoms with E-state index in [0.29, 0.717) is 29.3 Å². The van der Waals surface area contributed by atoms with E-state index < -0.39 is 34.3 Å². The van der Waals surface area contributed by atoms with Gasteiger partial charge < -0.3 is 19.7 Å². The van der Waals surface area contributed by atoms with Gasteiger partial charge in [0.25, 0.3) is 10.0 Å². The van der Waals surface area contributed by atoms with Crippen molar-refractivity contribution in [2.75, 3.05) is 31.6 Å². The summed E-state index contributed by atoms with van der Waals surface area (Å²) in [5, 5.41) is 3.34. The highest BCUT2D eigenvalue weighted by molar-refractivity contribution is 7.92. The summed E-state index contributed by atoms with van der Waals surface area (Å²) in [4.78, 5) is 28.4. The number of halogens is 2. The molecular weight excluding hydrogens is 585 g/mol. The van der Waals surface area contributed by atoms with Gasteiger partial charge in [-0.25, -0.2) is 12.8 Å². The number of amides is 2. The van der Waals surface area contributed by atoms with Gasteiger partial charge in [0.15, 0.2) is 11.5 Å². The predicted molar refractivity (Wildman–Crippen MR) is 160 cm³/mol. The number of rotatable bonds is 14. The average Bonchev–Trinajstić information content (AvgIpc) is 2.99. The van der Waals surface area contributed by atoms with E-state index in [2.05, 4.69) is 5.32 Å². The Hall–Kier alpha value is -3.83. The SMILES string of the molecule is CCCNC(=O)[C@H](CC)N(Cc1ccc(Cl)cc1)C(=O)CN(c1ccc(F)cc1)S(=O)(=O)c1ccc(OC)c(OC)c1. The number of nitrogens with one attached hydrogen (secondary N) is 1. The number of sulfonamides is 1. The maximum absolute atomic E-state index is 14.0. The van der Waals surface area contributed by atoms with Crippen molar-refractivity contribution in [2.45, 2.75) is 44.2 Å². The second-order valence-corrected chi connectivity index (χ2v) is 11.7. The van der Waals surface area contributed by atoms with Gasteiger partial charge in [0.2, 0.25) is 11.8 Å². The van der Waals surface area contributed by atoms with Crippen LogP contribution in [0.3, 0.4) is 0 Å². The van der Waals surface area contributed by atoms with E-state index in [1.54, 1.807) is 31.2 Å². The lowest BCUT2D eigenvalue weighted by molar-refractivity contribution is -0.140. The molecule has 0 aliphatic carbocycles. The number of carbonyl (C=O) groups excluding carboxylic acids is 2. The van der Waals surface area contributed by atoms with Gasteiger partial charge in [-0.1, -0.05) is 37.6 Å². The molecule has 0 aliphatic rings. The molecule has 0 spiro atoms. The van der Waals surface area contributed by atoms with Gasteiger partial charge in [-0.3, -0.25) is 13.9 Å². The second-order valence-electron chi connectivity index (χ2n) is 9.37. The molecule has 3 rings (SSSR count). The number of anilines is 1. The van der Waals surface area contributed by atoms with Crippen molar-refractivity contribution in [3.8, 4) is 11.5 Å². The molecule has 42 heavy (non-hydrogen) atoms. The summed E-state index contributed by atoms with van der Waals surface area (Å²) >= 11 is 6.04. The Balaban J connectivity index is 2.08. The Bertz CT molecular complexity index is 1470. The summed E-state index contributed by atoms with van der Waals surface area (Å²) in [6, 6.07) is 14.7. The molecule has 3 aromatic rings.